The molecule has 1 aliphatic rings. The van der Waals surface area contributed by atoms with E-state index in [2.05, 4.69) is 34.8 Å². The molecule has 2 rings (SSSR count). The van der Waals surface area contributed by atoms with Crippen molar-refractivity contribution in [3.63, 3.8) is 0 Å². The van der Waals surface area contributed by atoms with Crippen molar-refractivity contribution < 1.29 is 0 Å². The lowest BCUT2D eigenvalue weighted by atomic mass is 9.92. The average Bonchev–Trinajstić information content (AvgIpc) is 2.39. The molecule has 2 N–H and O–H groups in total. The van der Waals surface area contributed by atoms with Crippen molar-refractivity contribution in [2.24, 2.45) is 11.7 Å². The van der Waals surface area contributed by atoms with Crippen molar-refractivity contribution in [2.75, 3.05) is 18.0 Å². The van der Waals surface area contributed by atoms with E-state index in [4.69, 9.17) is 5.73 Å². The van der Waals surface area contributed by atoms with Gasteiger partial charge >= 0.3 is 0 Å². The van der Waals surface area contributed by atoms with Crippen LogP contribution in [0.3, 0.4) is 0 Å². The van der Waals surface area contributed by atoms with Gasteiger partial charge in [0.2, 0.25) is 0 Å². The van der Waals surface area contributed by atoms with Crippen LogP contribution < -0.4 is 10.6 Å². The molecule has 0 aromatic carbocycles. The molecule has 100 valence electrons. The molecule has 1 saturated heterocycles. The van der Waals surface area contributed by atoms with Gasteiger partial charge < -0.3 is 10.6 Å². The fourth-order valence-corrected chi connectivity index (χ4v) is 2.60. The second kappa shape index (κ2) is 6.14. The maximum absolute atomic E-state index is 6.03. The van der Waals surface area contributed by atoms with Crippen LogP contribution >= 0.6 is 0 Å². The Hall–Kier alpha value is -1.16. The molecule has 1 aromatic rings. The zero-order valence-corrected chi connectivity index (χ0v) is 11.5. The smallest absolute Gasteiger partial charge is 0.132 e. The topological polar surface area (TPSA) is 55.0 Å². The Labute approximate surface area is 110 Å². The van der Waals surface area contributed by atoms with E-state index in [9.17, 15) is 0 Å². The summed E-state index contributed by atoms with van der Waals surface area (Å²) in [4.78, 5) is 11.1. The number of aromatic nitrogens is 2. The van der Waals surface area contributed by atoms with E-state index in [1.165, 1.54) is 12.8 Å². The lowest BCUT2D eigenvalue weighted by molar-refractivity contribution is 0.363. The largest absolute Gasteiger partial charge is 0.356 e. The molecule has 0 amide bonds. The molecule has 0 spiro atoms. The minimum atomic E-state index is 0.268. The molecule has 2 atom stereocenters. The van der Waals surface area contributed by atoms with Gasteiger partial charge in [0.15, 0.2) is 0 Å². The van der Waals surface area contributed by atoms with Crippen molar-refractivity contribution in [3.05, 3.63) is 18.1 Å². The quantitative estimate of drug-likeness (QED) is 0.885. The fraction of sp³-hybridized carbons (Fsp3) is 0.714. The first-order chi connectivity index (χ1) is 8.70. The van der Waals surface area contributed by atoms with Crippen LogP contribution in [0.5, 0.6) is 0 Å². The summed E-state index contributed by atoms with van der Waals surface area (Å²) in [7, 11) is 0. The third kappa shape index (κ3) is 3.19. The van der Waals surface area contributed by atoms with Crippen molar-refractivity contribution in [1.29, 1.82) is 0 Å². The number of nitrogens with two attached hydrogens (primary N) is 1. The number of hydrogen-bond acceptors (Lipinski definition) is 4. The van der Waals surface area contributed by atoms with Crippen molar-refractivity contribution in [1.82, 2.24) is 9.97 Å². The molecule has 1 aliphatic heterocycles. The Morgan fingerprint density at radius 1 is 1.50 bits per heavy atom. The van der Waals surface area contributed by atoms with Crippen LogP contribution in [0.15, 0.2) is 12.4 Å². The van der Waals surface area contributed by atoms with Gasteiger partial charge in [-0.25, -0.2) is 9.97 Å². The normalized spacial score (nSPS) is 21.9. The predicted molar refractivity (Wildman–Crippen MR) is 74.6 cm³/mol. The Balaban J connectivity index is 2.08. The fourth-order valence-electron chi connectivity index (χ4n) is 2.60. The Morgan fingerprint density at radius 3 is 3.06 bits per heavy atom. The van der Waals surface area contributed by atoms with Crippen LogP contribution in [0.4, 0.5) is 5.82 Å². The lowest BCUT2D eigenvalue weighted by Gasteiger charge is -2.35. The predicted octanol–water partition coefficient (Wildman–Crippen LogP) is 1.99. The van der Waals surface area contributed by atoms with Gasteiger partial charge in [-0.15, -0.1) is 0 Å². The van der Waals surface area contributed by atoms with E-state index < -0.39 is 0 Å². The summed E-state index contributed by atoms with van der Waals surface area (Å²) in [6.45, 7) is 6.40. The minimum Gasteiger partial charge on any atom is -0.356 e. The van der Waals surface area contributed by atoms with Gasteiger partial charge in [-0.3, -0.25) is 0 Å². The first kappa shape index (κ1) is 13.3. The summed E-state index contributed by atoms with van der Waals surface area (Å²) >= 11 is 0. The van der Waals surface area contributed by atoms with Crippen LogP contribution in [-0.4, -0.2) is 29.1 Å². The first-order valence-electron chi connectivity index (χ1n) is 7.02. The summed E-state index contributed by atoms with van der Waals surface area (Å²) in [6, 6.07) is 2.40. The molecule has 1 fully saturated rings. The highest BCUT2D eigenvalue weighted by Gasteiger charge is 2.23. The van der Waals surface area contributed by atoms with Crippen LogP contribution in [0, 0.1) is 5.92 Å². The van der Waals surface area contributed by atoms with Gasteiger partial charge in [0.1, 0.15) is 12.1 Å². The van der Waals surface area contributed by atoms with E-state index in [0.717, 1.165) is 37.4 Å². The number of nitrogens with zero attached hydrogens (tertiary/aromatic N) is 3. The lowest BCUT2D eigenvalue weighted by Crippen LogP contribution is -2.42. The van der Waals surface area contributed by atoms with Crippen molar-refractivity contribution in [3.8, 4) is 0 Å². The molecule has 0 bridgehead atoms. The SMILES string of the molecule is CCCc1cc(N2CCCC(C(C)N)C2)ncn1. The molecule has 2 heterocycles. The Morgan fingerprint density at radius 2 is 2.33 bits per heavy atom. The second-order valence-electron chi connectivity index (χ2n) is 5.32. The van der Waals surface area contributed by atoms with E-state index in [0.29, 0.717) is 5.92 Å². The molecular weight excluding hydrogens is 224 g/mol. The molecule has 0 aliphatic carbocycles. The third-order valence-corrected chi connectivity index (χ3v) is 3.74. The van der Waals surface area contributed by atoms with Gasteiger partial charge in [-0.05, 0) is 32.1 Å². The molecule has 0 radical (unpaired) electrons. The standard InChI is InChI=1S/C14H24N4/c1-3-5-13-8-14(17-10-16-13)18-7-4-6-12(9-18)11(2)15/h8,10-12H,3-7,9,15H2,1-2H3. The van der Waals surface area contributed by atoms with Crippen molar-refractivity contribution >= 4 is 5.82 Å². The Kier molecular flexibility index (Phi) is 4.53. The van der Waals surface area contributed by atoms with E-state index in [-0.39, 0.29) is 6.04 Å². The summed E-state index contributed by atoms with van der Waals surface area (Å²) in [6.07, 6.45) is 6.29. The van der Waals surface area contributed by atoms with Gasteiger partial charge in [0, 0.05) is 30.9 Å². The number of rotatable bonds is 4. The molecule has 4 nitrogen and oxygen atoms in total. The maximum atomic E-state index is 6.03. The van der Waals surface area contributed by atoms with Gasteiger partial charge in [-0.2, -0.15) is 0 Å². The molecule has 2 unspecified atom stereocenters. The highest BCUT2D eigenvalue weighted by molar-refractivity contribution is 5.39. The molecule has 4 heteroatoms. The third-order valence-electron chi connectivity index (χ3n) is 3.74. The zero-order valence-electron chi connectivity index (χ0n) is 11.5. The number of anilines is 1. The monoisotopic (exact) mass is 248 g/mol. The van der Waals surface area contributed by atoms with Crippen LogP contribution in [0.1, 0.15) is 38.8 Å². The van der Waals surface area contributed by atoms with Crippen LogP contribution in [0.2, 0.25) is 0 Å². The van der Waals surface area contributed by atoms with E-state index in [1.54, 1.807) is 6.33 Å². The van der Waals surface area contributed by atoms with Crippen LogP contribution in [-0.2, 0) is 6.42 Å². The summed E-state index contributed by atoms with van der Waals surface area (Å²) in [5, 5.41) is 0. The number of hydrogen-bond donors (Lipinski definition) is 1. The second-order valence-corrected chi connectivity index (χ2v) is 5.32. The van der Waals surface area contributed by atoms with Crippen LogP contribution in [0.25, 0.3) is 0 Å². The Bertz CT molecular complexity index is 378. The molecule has 1 aromatic heterocycles. The van der Waals surface area contributed by atoms with Crippen molar-refractivity contribution in [2.45, 2.75) is 45.6 Å². The molecule has 18 heavy (non-hydrogen) atoms. The first-order valence-corrected chi connectivity index (χ1v) is 7.02. The van der Waals surface area contributed by atoms with Gasteiger partial charge in [0.25, 0.3) is 0 Å². The zero-order chi connectivity index (χ0) is 13.0. The van der Waals surface area contributed by atoms with Gasteiger partial charge in [0.05, 0.1) is 0 Å². The highest BCUT2D eigenvalue weighted by atomic mass is 15.2. The molecule has 0 saturated carbocycles. The maximum Gasteiger partial charge on any atom is 0.132 e. The van der Waals surface area contributed by atoms with E-state index in [1.807, 2.05) is 0 Å². The number of aryl methyl sites for hydroxylation is 1. The van der Waals surface area contributed by atoms with E-state index >= 15 is 0 Å². The summed E-state index contributed by atoms with van der Waals surface area (Å²) in [5.41, 5.74) is 7.17. The number of piperidine rings is 1. The summed E-state index contributed by atoms with van der Waals surface area (Å²) in [5.74, 6) is 1.65. The highest BCUT2D eigenvalue weighted by Crippen LogP contribution is 2.23. The minimum absolute atomic E-state index is 0.268. The average molecular weight is 248 g/mol. The molecular formula is C14H24N4. The van der Waals surface area contributed by atoms with Gasteiger partial charge in [-0.1, -0.05) is 13.3 Å². The summed E-state index contributed by atoms with van der Waals surface area (Å²) < 4.78 is 0.